The third-order valence-electron chi connectivity index (χ3n) is 6.64. The minimum absolute atomic E-state index is 0.105. The molecule has 38 heavy (non-hydrogen) atoms. The number of halogens is 1. The Labute approximate surface area is 226 Å². The number of carbonyl (C=O) groups is 1. The zero-order valence-corrected chi connectivity index (χ0v) is 21.4. The number of aliphatic hydroxyl groups is 1. The van der Waals surface area contributed by atoms with Crippen LogP contribution in [-0.2, 0) is 12.8 Å². The van der Waals surface area contributed by atoms with Gasteiger partial charge in [0.05, 0.1) is 6.10 Å². The van der Waals surface area contributed by atoms with Crippen LogP contribution in [0.15, 0.2) is 91.0 Å². The molecule has 0 unspecified atom stereocenters. The van der Waals surface area contributed by atoms with Crippen molar-refractivity contribution in [1.29, 1.82) is 0 Å². The van der Waals surface area contributed by atoms with Crippen molar-refractivity contribution in [2.24, 2.45) is 0 Å². The van der Waals surface area contributed by atoms with Crippen LogP contribution in [0.25, 0.3) is 0 Å². The van der Waals surface area contributed by atoms with Crippen LogP contribution in [0.5, 0.6) is 23.0 Å². The van der Waals surface area contributed by atoms with Gasteiger partial charge in [0, 0.05) is 17.6 Å². The minimum Gasteiger partial charge on any atom is -0.478 e. The summed E-state index contributed by atoms with van der Waals surface area (Å²) in [6.07, 6.45) is 2.20. The van der Waals surface area contributed by atoms with Gasteiger partial charge in [-0.2, -0.15) is 0 Å². The van der Waals surface area contributed by atoms with Gasteiger partial charge in [-0.05, 0) is 96.6 Å². The van der Waals surface area contributed by atoms with Gasteiger partial charge in [-0.1, -0.05) is 41.9 Å². The molecule has 2 atom stereocenters. The fourth-order valence-corrected chi connectivity index (χ4v) is 4.85. The Kier molecular flexibility index (Phi) is 7.94. The van der Waals surface area contributed by atoms with Gasteiger partial charge in [-0.15, -0.1) is 0 Å². The maximum atomic E-state index is 11.4. The van der Waals surface area contributed by atoms with Crippen molar-refractivity contribution >= 4 is 17.6 Å². The Morgan fingerprint density at radius 1 is 0.895 bits per heavy atom. The number of carboxylic acids is 1. The number of aliphatic hydroxyl groups excluding tert-OH is 1. The average Bonchev–Trinajstić information content (AvgIpc) is 2.93. The van der Waals surface area contributed by atoms with Crippen LogP contribution in [-0.4, -0.2) is 28.8 Å². The van der Waals surface area contributed by atoms with Crippen LogP contribution in [0.2, 0.25) is 5.02 Å². The number of nitrogens with one attached hydrogen (secondary N) is 1. The first-order valence-corrected chi connectivity index (χ1v) is 12.9. The van der Waals surface area contributed by atoms with Crippen LogP contribution in [0.3, 0.4) is 0 Å². The molecule has 0 saturated heterocycles. The van der Waals surface area contributed by atoms with Gasteiger partial charge in [0.1, 0.15) is 28.6 Å². The maximum absolute atomic E-state index is 11.4. The predicted octanol–water partition coefficient (Wildman–Crippen LogP) is 6.80. The van der Waals surface area contributed by atoms with E-state index >= 15 is 0 Å². The molecule has 7 heteroatoms. The van der Waals surface area contributed by atoms with Crippen molar-refractivity contribution in [3.8, 4) is 23.0 Å². The molecule has 0 saturated carbocycles. The van der Waals surface area contributed by atoms with E-state index in [2.05, 4.69) is 17.4 Å². The summed E-state index contributed by atoms with van der Waals surface area (Å²) < 4.78 is 11.9. The van der Waals surface area contributed by atoms with Gasteiger partial charge in [-0.3, -0.25) is 0 Å². The summed E-state index contributed by atoms with van der Waals surface area (Å²) in [6, 6.07) is 27.3. The van der Waals surface area contributed by atoms with E-state index in [1.165, 1.54) is 17.2 Å². The zero-order valence-electron chi connectivity index (χ0n) is 20.6. The lowest BCUT2D eigenvalue weighted by molar-refractivity contribution is 0.0694. The molecule has 0 aromatic heterocycles. The van der Waals surface area contributed by atoms with Crippen molar-refractivity contribution in [3.63, 3.8) is 0 Å². The molecule has 194 valence electrons. The number of rotatable bonds is 9. The first-order chi connectivity index (χ1) is 18.4. The smallest absolute Gasteiger partial charge is 0.339 e. The average molecular weight is 530 g/mol. The highest BCUT2D eigenvalue weighted by Crippen LogP contribution is 2.31. The summed E-state index contributed by atoms with van der Waals surface area (Å²) in [4.78, 5) is 11.4. The molecule has 1 aliphatic carbocycles. The lowest BCUT2D eigenvalue weighted by atomic mass is 9.88. The number of carboxylic acid groups (broad SMARTS) is 1. The number of hydrogen-bond donors (Lipinski definition) is 3. The second kappa shape index (κ2) is 11.7. The summed E-state index contributed by atoms with van der Waals surface area (Å²) in [5, 5.41) is 24.0. The summed E-state index contributed by atoms with van der Waals surface area (Å²) >= 11 is 6.05. The molecule has 6 nitrogen and oxygen atoms in total. The lowest BCUT2D eigenvalue weighted by Crippen LogP contribution is -2.37. The third-order valence-corrected chi connectivity index (χ3v) is 6.88. The van der Waals surface area contributed by atoms with Crippen LogP contribution in [0.4, 0.5) is 0 Å². The Balaban J connectivity index is 1.19. The van der Waals surface area contributed by atoms with Crippen LogP contribution < -0.4 is 14.8 Å². The van der Waals surface area contributed by atoms with E-state index in [1.54, 1.807) is 54.6 Å². The van der Waals surface area contributed by atoms with Gasteiger partial charge in [-0.25, -0.2) is 4.79 Å². The Morgan fingerprint density at radius 2 is 1.63 bits per heavy atom. The molecule has 0 fully saturated rings. The summed E-state index contributed by atoms with van der Waals surface area (Å²) in [5.41, 5.74) is 3.45. The van der Waals surface area contributed by atoms with Crippen molar-refractivity contribution < 1.29 is 24.5 Å². The molecule has 4 aromatic carbocycles. The molecule has 0 bridgehead atoms. The molecule has 3 N–H and O–H groups in total. The fourth-order valence-electron chi connectivity index (χ4n) is 4.65. The Morgan fingerprint density at radius 3 is 2.39 bits per heavy atom. The lowest BCUT2D eigenvalue weighted by Gasteiger charge is -2.27. The number of ether oxygens (including phenoxy) is 2. The highest BCUT2D eigenvalue weighted by atomic mass is 35.5. The topological polar surface area (TPSA) is 88.0 Å². The zero-order chi connectivity index (χ0) is 26.5. The van der Waals surface area contributed by atoms with Gasteiger partial charge in [0.2, 0.25) is 0 Å². The predicted molar refractivity (Wildman–Crippen MR) is 147 cm³/mol. The molecule has 0 amide bonds. The molecule has 0 spiro atoms. The number of benzene rings is 4. The summed E-state index contributed by atoms with van der Waals surface area (Å²) in [7, 11) is 0. The number of para-hydroxylation sites is 1. The fraction of sp³-hybridized carbons (Fsp3) is 0.194. The van der Waals surface area contributed by atoms with Gasteiger partial charge in [0.25, 0.3) is 0 Å². The summed E-state index contributed by atoms with van der Waals surface area (Å²) in [6.45, 7) is 0.460. The van der Waals surface area contributed by atoms with Crippen LogP contribution >= 0.6 is 11.6 Å². The second-order valence-corrected chi connectivity index (χ2v) is 9.76. The normalized spacial score (nSPS) is 15.4. The molecule has 1 aliphatic rings. The molecule has 4 aromatic rings. The van der Waals surface area contributed by atoms with Crippen molar-refractivity contribution in [3.05, 3.63) is 118 Å². The van der Waals surface area contributed by atoms with E-state index in [4.69, 9.17) is 21.1 Å². The van der Waals surface area contributed by atoms with Crippen molar-refractivity contribution in [1.82, 2.24) is 5.32 Å². The summed E-state index contributed by atoms with van der Waals surface area (Å²) in [5.74, 6) is 1.16. The molecular weight excluding hydrogens is 502 g/mol. The monoisotopic (exact) mass is 529 g/mol. The SMILES string of the molecule is O=C(O)c1ccccc1Oc1ccc(Oc2ccc3c(c2)C[C@@H](NC[C@@H](O)c2cccc(Cl)c2)CC3)cc1. The van der Waals surface area contributed by atoms with E-state index in [-0.39, 0.29) is 17.4 Å². The number of aromatic carboxylic acids is 1. The first kappa shape index (κ1) is 25.8. The standard InChI is InChI=1S/C31H28ClNO5/c32-23-5-3-4-21(16-23)29(34)19-33-24-10-8-20-9-11-27(18-22(20)17-24)37-25-12-14-26(15-13-25)38-30-7-2-1-6-28(30)31(35)36/h1-7,9,11-16,18,24,29,33-34H,8,10,17,19H2,(H,35,36)/t24-,29+/m0/s1. The van der Waals surface area contributed by atoms with Gasteiger partial charge >= 0.3 is 5.97 Å². The Hall–Kier alpha value is -3.84. The van der Waals surface area contributed by atoms with Gasteiger partial charge < -0.3 is 25.0 Å². The van der Waals surface area contributed by atoms with Crippen molar-refractivity contribution in [2.45, 2.75) is 31.4 Å². The molecule has 0 radical (unpaired) electrons. The highest BCUT2D eigenvalue weighted by molar-refractivity contribution is 6.30. The quantitative estimate of drug-likeness (QED) is 0.221. The largest absolute Gasteiger partial charge is 0.478 e. The van der Waals surface area contributed by atoms with Crippen LogP contribution in [0.1, 0.15) is 39.6 Å². The van der Waals surface area contributed by atoms with Gasteiger partial charge in [0.15, 0.2) is 0 Å². The van der Waals surface area contributed by atoms with E-state index in [0.29, 0.717) is 23.1 Å². The van der Waals surface area contributed by atoms with E-state index < -0.39 is 12.1 Å². The molecule has 0 aliphatic heterocycles. The third kappa shape index (κ3) is 6.34. The molecule has 0 heterocycles. The second-order valence-electron chi connectivity index (χ2n) is 9.33. The van der Waals surface area contributed by atoms with E-state index in [0.717, 1.165) is 30.6 Å². The van der Waals surface area contributed by atoms with E-state index in [1.807, 2.05) is 18.2 Å². The van der Waals surface area contributed by atoms with Crippen molar-refractivity contribution in [2.75, 3.05) is 6.54 Å². The maximum Gasteiger partial charge on any atom is 0.339 e. The number of fused-ring (bicyclic) bond motifs is 1. The number of hydrogen-bond acceptors (Lipinski definition) is 5. The van der Waals surface area contributed by atoms with E-state index in [9.17, 15) is 15.0 Å². The highest BCUT2D eigenvalue weighted by Gasteiger charge is 2.20. The number of aryl methyl sites for hydroxylation is 1. The Bertz CT molecular complexity index is 1420. The molecule has 5 rings (SSSR count). The first-order valence-electron chi connectivity index (χ1n) is 12.5. The minimum atomic E-state index is -1.04. The molecular formula is C31H28ClNO5. The van der Waals surface area contributed by atoms with Crippen LogP contribution in [0, 0.1) is 0 Å².